The van der Waals surface area contributed by atoms with Gasteiger partial charge < -0.3 is 4.90 Å². The van der Waals surface area contributed by atoms with Crippen LogP contribution in [-0.4, -0.2) is 25.0 Å². The second-order valence-corrected chi connectivity index (χ2v) is 4.86. The highest BCUT2D eigenvalue weighted by atomic mass is 15.1. The summed E-state index contributed by atoms with van der Waals surface area (Å²) in [5.41, 5.74) is 0.659. The molecule has 1 heteroatoms. The Morgan fingerprint density at radius 3 is 2.08 bits per heavy atom. The van der Waals surface area contributed by atoms with Crippen LogP contribution in [0, 0.1) is 5.41 Å². The highest BCUT2D eigenvalue weighted by Gasteiger charge is 2.29. The molecule has 0 N–H and O–H groups in total. The van der Waals surface area contributed by atoms with Crippen molar-refractivity contribution in [1.29, 1.82) is 0 Å². The maximum Gasteiger partial charge on any atom is 0.00895 e. The van der Waals surface area contributed by atoms with E-state index in [-0.39, 0.29) is 0 Å². The molecule has 0 aromatic heterocycles. The Kier molecular flexibility index (Phi) is 3.16. The van der Waals surface area contributed by atoms with Crippen LogP contribution in [0.25, 0.3) is 0 Å². The highest BCUT2D eigenvalue weighted by Crippen LogP contribution is 2.39. The molecule has 0 saturated heterocycles. The lowest BCUT2D eigenvalue weighted by Crippen LogP contribution is -2.35. The van der Waals surface area contributed by atoms with Crippen LogP contribution >= 0.6 is 0 Å². The van der Waals surface area contributed by atoms with Gasteiger partial charge in [0, 0.05) is 6.04 Å². The smallest absolute Gasteiger partial charge is 0.00895 e. The zero-order valence-electron chi connectivity index (χ0n) is 9.06. The van der Waals surface area contributed by atoms with Gasteiger partial charge in [-0.15, -0.1) is 0 Å². The third-order valence-corrected chi connectivity index (χ3v) is 3.75. The molecule has 0 spiro atoms. The number of nitrogens with zero attached hydrogens (tertiary/aromatic N) is 1. The van der Waals surface area contributed by atoms with Crippen molar-refractivity contribution in [1.82, 2.24) is 4.90 Å². The lowest BCUT2D eigenvalue weighted by atomic mass is 9.72. The molecular formula is C11H23N. The molecular weight excluding hydrogens is 146 g/mol. The Hall–Kier alpha value is -0.0400. The summed E-state index contributed by atoms with van der Waals surface area (Å²) >= 11 is 0. The van der Waals surface area contributed by atoms with E-state index >= 15 is 0 Å². The normalized spacial score (nSPS) is 37.2. The fraction of sp³-hybridized carbons (Fsp3) is 1.00. The number of hydrogen-bond acceptors (Lipinski definition) is 1. The highest BCUT2D eigenvalue weighted by molar-refractivity contribution is 4.83. The maximum atomic E-state index is 2.44. The molecule has 1 fully saturated rings. The van der Waals surface area contributed by atoms with E-state index in [1.807, 2.05) is 0 Å². The monoisotopic (exact) mass is 169 g/mol. The molecule has 0 unspecified atom stereocenters. The lowest BCUT2D eigenvalue weighted by molar-refractivity contribution is 0.128. The molecule has 0 aromatic rings. The first kappa shape index (κ1) is 10.0. The van der Waals surface area contributed by atoms with E-state index < -0.39 is 0 Å². The molecule has 12 heavy (non-hydrogen) atoms. The van der Waals surface area contributed by atoms with Gasteiger partial charge in [0.25, 0.3) is 0 Å². The first-order valence-electron chi connectivity index (χ1n) is 5.24. The maximum absolute atomic E-state index is 2.44. The average molecular weight is 169 g/mol. The van der Waals surface area contributed by atoms with Gasteiger partial charge in [0.05, 0.1) is 0 Å². The van der Waals surface area contributed by atoms with Crippen molar-refractivity contribution in [3.8, 4) is 0 Å². The van der Waals surface area contributed by atoms with E-state index in [1.165, 1.54) is 32.1 Å². The Morgan fingerprint density at radius 2 is 1.75 bits per heavy atom. The van der Waals surface area contributed by atoms with E-state index in [1.54, 1.807) is 0 Å². The second-order valence-electron chi connectivity index (χ2n) is 4.86. The molecule has 1 rings (SSSR count). The Balaban J connectivity index is 2.39. The molecule has 1 nitrogen and oxygen atoms in total. The summed E-state index contributed by atoms with van der Waals surface area (Å²) in [7, 11) is 4.42. The topological polar surface area (TPSA) is 3.24 Å². The molecule has 1 aliphatic rings. The fourth-order valence-electron chi connectivity index (χ4n) is 2.17. The van der Waals surface area contributed by atoms with E-state index in [9.17, 15) is 0 Å². The minimum absolute atomic E-state index is 0.659. The SMILES string of the molecule is CCC1(C)CCC(N(C)C)CC1. The molecule has 0 radical (unpaired) electrons. The van der Waals surface area contributed by atoms with Crippen LogP contribution in [-0.2, 0) is 0 Å². The van der Waals surface area contributed by atoms with Gasteiger partial charge in [0.1, 0.15) is 0 Å². The predicted octanol–water partition coefficient (Wildman–Crippen LogP) is 2.91. The van der Waals surface area contributed by atoms with Gasteiger partial charge in [-0.05, 0) is 45.2 Å². The first-order valence-corrected chi connectivity index (χ1v) is 5.24. The van der Waals surface area contributed by atoms with Gasteiger partial charge in [-0.2, -0.15) is 0 Å². The van der Waals surface area contributed by atoms with Crippen molar-refractivity contribution in [3.05, 3.63) is 0 Å². The Bertz CT molecular complexity index is 132. The molecule has 1 aliphatic carbocycles. The predicted molar refractivity (Wildman–Crippen MR) is 54.3 cm³/mol. The zero-order valence-corrected chi connectivity index (χ0v) is 9.06. The summed E-state index contributed by atoms with van der Waals surface area (Å²) in [6, 6.07) is 0.852. The lowest BCUT2D eigenvalue weighted by Gasteiger charge is -2.39. The van der Waals surface area contributed by atoms with Gasteiger partial charge in [0.2, 0.25) is 0 Å². The molecule has 0 heterocycles. The largest absolute Gasteiger partial charge is 0.306 e. The van der Waals surface area contributed by atoms with Gasteiger partial charge in [0.15, 0.2) is 0 Å². The standard InChI is InChI=1S/C11H23N/c1-5-11(2)8-6-10(7-9-11)12(3)4/h10H,5-9H2,1-4H3. The van der Waals surface area contributed by atoms with Gasteiger partial charge in [-0.25, -0.2) is 0 Å². The first-order chi connectivity index (χ1) is 5.57. The summed E-state index contributed by atoms with van der Waals surface area (Å²) in [6.45, 7) is 4.77. The summed E-state index contributed by atoms with van der Waals surface area (Å²) < 4.78 is 0. The van der Waals surface area contributed by atoms with Crippen molar-refractivity contribution >= 4 is 0 Å². The Morgan fingerprint density at radius 1 is 1.25 bits per heavy atom. The van der Waals surface area contributed by atoms with Crippen molar-refractivity contribution < 1.29 is 0 Å². The third kappa shape index (κ3) is 2.22. The molecule has 0 aromatic carbocycles. The van der Waals surface area contributed by atoms with Gasteiger partial charge in [-0.3, -0.25) is 0 Å². The molecule has 0 amide bonds. The summed E-state index contributed by atoms with van der Waals surface area (Å²) in [4.78, 5) is 2.38. The minimum Gasteiger partial charge on any atom is -0.306 e. The van der Waals surface area contributed by atoms with Crippen molar-refractivity contribution in [3.63, 3.8) is 0 Å². The average Bonchev–Trinajstić information content (AvgIpc) is 2.05. The van der Waals surface area contributed by atoms with Crippen LogP contribution < -0.4 is 0 Å². The Labute approximate surface area is 77.1 Å². The van der Waals surface area contributed by atoms with Gasteiger partial charge >= 0.3 is 0 Å². The van der Waals surface area contributed by atoms with Crippen LogP contribution in [0.1, 0.15) is 46.0 Å². The molecule has 0 bridgehead atoms. The molecule has 0 aliphatic heterocycles. The number of hydrogen-bond donors (Lipinski definition) is 0. The second kappa shape index (κ2) is 3.78. The van der Waals surface area contributed by atoms with Crippen molar-refractivity contribution in [2.45, 2.75) is 52.0 Å². The third-order valence-electron chi connectivity index (χ3n) is 3.75. The fourth-order valence-corrected chi connectivity index (χ4v) is 2.17. The van der Waals surface area contributed by atoms with E-state index in [2.05, 4.69) is 32.8 Å². The summed E-state index contributed by atoms with van der Waals surface area (Å²) in [5, 5.41) is 0. The van der Waals surface area contributed by atoms with Crippen LogP contribution in [0.15, 0.2) is 0 Å². The van der Waals surface area contributed by atoms with Crippen molar-refractivity contribution in [2.75, 3.05) is 14.1 Å². The zero-order chi connectivity index (χ0) is 9.19. The van der Waals surface area contributed by atoms with Crippen LogP contribution in [0.2, 0.25) is 0 Å². The molecule has 1 saturated carbocycles. The van der Waals surface area contributed by atoms with Gasteiger partial charge in [-0.1, -0.05) is 20.3 Å². The minimum atomic E-state index is 0.659. The molecule has 0 atom stereocenters. The van der Waals surface area contributed by atoms with Crippen LogP contribution in [0.4, 0.5) is 0 Å². The summed E-state index contributed by atoms with van der Waals surface area (Å²) in [5.74, 6) is 0. The van der Waals surface area contributed by atoms with E-state index in [4.69, 9.17) is 0 Å². The summed E-state index contributed by atoms with van der Waals surface area (Å²) in [6.07, 6.45) is 7.00. The van der Waals surface area contributed by atoms with Crippen LogP contribution in [0.5, 0.6) is 0 Å². The van der Waals surface area contributed by atoms with E-state index in [0.717, 1.165) is 6.04 Å². The quantitative estimate of drug-likeness (QED) is 0.614. The molecule has 72 valence electrons. The van der Waals surface area contributed by atoms with Crippen molar-refractivity contribution in [2.24, 2.45) is 5.41 Å². The van der Waals surface area contributed by atoms with Crippen LogP contribution in [0.3, 0.4) is 0 Å². The number of rotatable bonds is 2. The van der Waals surface area contributed by atoms with E-state index in [0.29, 0.717) is 5.41 Å².